The van der Waals surface area contributed by atoms with Gasteiger partial charge in [-0.05, 0) is 37.6 Å². The number of nitrogens with zero attached hydrogens (tertiary/aromatic N) is 2. The molecular formula is C15H17ClN4O. The number of hydrogen-bond donors (Lipinski definition) is 2. The van der Waals surface area contributed by atoms with Gasteiger partial charge in [-0.25, -0.2) is 9.97 Å². The molecule has 21 heavy (non-hydrogen) atoms. The highest BCUT2D eigenvalue weighted by Gasteiger charge is 2.04. The Morgan fingerprint density at radius 3 is 2.52 bits per heavy atom. The molecule has 0 saturated carbocycles. The van der Waals surface area contributed by atoms with E-state index in [4.69, 9.17) is 11.6 Å². The van der Waals surface area contributed by atoms with Crippen LogP contribution >= 0.6 is 11.6 Å². The number of aryl methyl sites for hydroxylation is 2. The van der Waals surface area contributed by atoms with Crippen molar-refractivity contribution in [2.24, 2.45) is 0 Å². The summed E-state index contributed by atoms with van der Waals surface area (Å²) in [6, 6.07) is 9.25. The van der Waals surface area contributed by atoms with Gasteiger partial charge in [0.1, 0.15) is 5.82 Å². The minimum Gasteiger partial charge on any atom is -0.368 e. The minimum absolute atomic E-state index is 0.0892. The second kappa shape index (κ2) is 7.04. The lowest BCUT2D eigenvalue weighted by Gasteiger charge is -2.08. The molecule has 0 spiro atoms. The highest BCUT2D eigenvalue weighted by Crippen LogP contribution is 2.09. The first-order valence-corrected chi connectivity index (χ1v) is 7.02. The van der Waals surface area contributed by atoms with E-state index >= 15 is 0 Å². The van der Waals surface area contributed by atoms with Crippen LogP contribution in [0.5, 0.6) is 0 Å². The normalized spacial score (nSPS) is 10.2. The number of amides is 1. The van der Waals surface area contributed by atoms with E-state index in [0.29, 0.717) is 24.5 Å². The van der Waals surface area contributed by atoms with Crippen molar-refractivity contribution in [1.82, 2.24) is 15.3 Å². The van der Waals surface area contributed by atoms with Crippen molar-refractivity contribution in [3.63, 3.8) is 0 Å². The zero-order valence-electron chi connectivity index (χ0n) is 12.0. The van der Waals surface area contributed by atoms with Crippen LogP contribution in [0.2, 0.25) is 5.28 Å². The lowest BCUT2D eigenvalue weighted by Crippen LogP contribution is -2.28. The van der Waals surface area contributed by atoms with Gasteiger partial charge in [0, 0.05) is 30.4 Å². The van der Waals surface area contributed by atoms with Gasteiger partial charge < -0.3 is 10.6 Å². The monoisotopic (exact) mass is 304 g/mol. The Bertz CT molecular complexity index is 608. The molecule has 0 aliphatic heterocycles. The molecule has 0 bridgehead atoms. The van der Waals surface area contributed by atoms with Gasteiger partial charge in [0.2, 0.25) is 5.28 Å². The third-order valence-corrected chi connectivity index (χ3v) is 3.03. The lowest BCUT2D eigenvalue weighted by molar-refractivity contribution is 0.0955. The molecule has 110 valence electrons. The van der Waals surface area contributed by atoms with Crippen LogP contribution in [0, 0.1) is 13.8 Å². The molecule has 0 aliphatic carbocycles. The van der Waals surface area contributed by atoms with Crippen molar-refractivity contribution < 1.29 is 4.79 Å². The first-order chi connectivity index (χ1) is 10.0. The van der Waals surface area contributed by atoms with Gasteiger partial charge in [-0.3, -0.25) is 4.79 Å². The molecule has 2 rings (SSSR count). The number of halogens is 1. The molecule has 5 nitrogen and oxygen atoms in total. The van der Waals surface area contributed by atoms with E-state index in [1.807, 2.05) is 38.1 Å². The van der Waals surface area contributed by atoms with Crippen molar-refractivity contribution in [1.29, 1.82) is 0 Å². The number of carbonyl (C=O) groups is 1. The van der Waals surface area contributed by atoms with Gasteiger partial charge in [-0.1, -0.05) is 17.7 Å². The summed E-state index contributed by atoms with van der Waals surface area (Å²) in [5.41, 5.74) is 2.58. The first kappa shape index (κ1) is 15.3. The zero-order valence-corrected chi connectivity index (χ0v) is 12.7. The molecule has 2 N–H and O–H groups in total. The Balaban J connectivity index is 1.79. The average Bonchev–Trinajstić information content (AvgIpc) is 2.43. The number of benzene rings is 1. The summed E-state index contributed by atoms with van der Waals surface area (Å²) >= 11 is 5.77. The van der Waals surface area contributed by atoms with Crippen LogP contribution in [0.25, 0.3) is 0 Å². The Kier molecular flexibility index (Phi) is 5.11. The maximum atomic E-state index is 11.9. The van der Waals surface area contributed by atoms with E-state index < -0.39 is 0 Å². The van der Waals surface area contributed by atoms with Crippen molar-refractivity contribution >= 4 is 23.3 Å². The summed E-state index contributed by atoms with van der Waals surface area (Å²) in [7, 11) is 0. The number of nitrogens with one attached hydrogen (secondary N) is 2. The summed E-state index contributed by atoms with van der Waals surface area (Å²) in [6.07, 6.45) is 0. The zero-order chi connectivity index (χ0) is 15.2. The van der Waals surface area contributed by atoms with E-state index in [2.05, 4.69) is 20.6 Å². The van der Waals surface area contributed by atoms with Gasteiger partial charge in [0.15, 0.2) is 0 Å². The highest BCUT2D eigenvalue weighted by atomic mass is 35.5. The second-order valence-electron chi connectivity index (χ2n) is 4.71. The summed E-state index contributed by atoms with van der Waals surface area (Å²) in [5, 5.41) is 6.14. The van der Waals surface area contributed by atoms with Crippen LogP contribution < -0.4 is 10.6 Å². The van der Waals surface area contributed by atoms with E-state index in [9.17, 15) is 4.79 Å². The Labute approximate surface area is 128 Å². The second-order valence-corrected chi connectivity index (χ2v) is 5.05. The molecule has 0 radical (unpaired) electrons. The molecule has 0 unspecified atom stereocenters. The van der Waals surface area contributed by atoms with Crippen molar-refractivity contribution in [2.75, 3.05) is 18.4 Å². The summed E-state index contributed by atoms with van der Waals surface area (Å²) < 4.78 is 0. The summed E-state index contributed by atoms with van der Waals surface area (Å²) in [6.45, 7) is 4.89. The topological polar surface area (TPSA) is 66.9 Å². The third-order valence-electron chi connectivity index (χ3n) is 2.86. The maximum absolute atomic E-state index is 11.9. The Hall–Kier alpha value is -2.14. The SMILES string of the molecule is Cc1ccc(C(=O)NCCNc2cc(C)nc(Cl)n2)cc1. The standard InChI is InChI=1S/C15H17ClN4O/c1-10-3-5-12(6-4-10)14(21)18-8-7-17-13-9-11(2)19-15(16)20-13/h3-6,9H,7-8H2,1-2H3,(H,18,21)(H,17,19,20). The van der Waals surface area contributed by atoms with Gasteiger partial charge in [-0.15, -0.1) is 0 Å². The molecule has 1 heterocycles. The molecular weight excluding hydrogens is 288 g/mol. The van der Waals surface area contributed by atoms with Crippen molar-refractivity contribution in [3.05, 3.63) is 52.4 Å². The molecule has 1 amide bonds. The fourth-order valence-corrected chi connectivity index (χ4v) is 2.02. The smallest absolute Gasteiger partial charge is 0.251 e. The fourth-order valence-electron chi connectivity index (χ4n) is 1.80. The minimum atomic E-state index is -0.0892. The van der Waals surface area contributed by atoms with E-state index in [1.54, 1.807) is 6.07 Å². The maximum Gasteiger partial charge on any atom is 0.251 e. The largest absolute Gasteiger partial charge is 0.368 e. The van der Waals surface area contributed by atoms with Gasteiger partial charge >= 0.3 is 0 Å². The van der Waals surface area contributed by atoms with Crippen LogP contribution in [0.15, 0.2) is 30.3 Å². The van der Waals surface area contributed by atoms with Crippen LogP contribution in [0.1, 0.15) is 21.6 Å². The first-order valence-electron chi connectivity index (χ1n) is 6.64. The number of anilines is 1. The molecule has 1 aromatic carbocycles. The quantitative estimate of drug-likeness (QED) is 0.658. The van der Waals surface area contributed by atoms with Crippen LogP contribution in [0.4, 0.5) is 5.82 Å². The number of rotatable bonds is 5. The fraction of sp³-hybridized carbons (Fsp3) is 0.267. The number of aromatic nitrogens is 2. The lowest BCUT2D eigenvalue weighted by atomic mass is 10.1. The molecule has 0 saturated heterocycles. The predicted octanol–water partition coefficient (Wildman–Crippen LogP) is 2.59. The molecule has 0 aliphatic rings. The summed E-state index contributed by atoms with van der Waals surface area (Å²) in [5.74, 6) is 0.561. The Morgan fingerprint density at radius 1 is 1.14 bits per heavy atom. The average molecular weight is 305 g/mol. The third kappa shape index (κ3) is 4.72. The van der Waals surface area contributed by atoms with Crippen molar-refractivity contribution in [2.45, 2.75) is 13.8 Å². The van der Waals surface area contributed by atoms with E-state index in [1.165, 1.54) is 0 Å². The van der Waals surface area contributed by atoms with Crippen LogP contribution in [-0.2, 0) is 0 Å². The number of hydrogen-bond acceptors (Lipinski definition) is 4. The van der Waals surface area contributed by atoms with Gasteiger partial charge in [-0.2, -0.15) is 0 Å². The molecule has 2 aromatic rings. The molecule has 6 heteroatoms. The van der Waals surface area contributed by atoms with Gasteiger partial charge in [0.25, 0.3) is 5.91 Å². The highest BCUT2D eigenvalue weighted by molar-refractivity contribution is 6.28. The van der Waals surface area contributed by atoms with Crippen LogP contribution in [0.3, 0.4) is 0 Å². The van der Waals surface area contributed by atoms with Crippen molar-refractivity contribution in [3.8, 4) is 0 Å². The van der Waals surface area contributed by atoms with Gasteiger partial charge in [0.05, 0.1) is 0 Å². The van der Waals surface area contributed by atoms with Crippen LogP contribution in [-0.4, -0.2) is 29.0 Å². The summed E-state index contributed by atoms with van der Waals surface area (Å²) in [4.78, 5) is 19.9. The molecule has 0 atom stereocenters. The number of carbonyl (C=O) groups excluding carboxylic acids is 1. The molecule has 1 aromatic heterocycles. The van der Waals surface area contributed by atoms with E-state index in [-0.39, 0.29) is 11.2 Å². The Morgan fingerprint density at radius 2 is 1.86 bits per heavy atom. The predicted molar refractivity (Wildman–Crippen MR) is 83.8 cm³/mol. The molecule has 0 fully saturated rings. The van der Waals surface area contributed by atoms with E-state index in [0.717, 1.165) is 11.3 Å².